The molecule has 0 heterocycles. The number of nitrogens with one attached hydrogen (secondary N) is 2. The van der Waals surface area contributed by atoms with Crippen LogP contribution in [-0.4, -0.2) is 18.5 Å². The summed E-state index contributed by atoms with van der Waals surface area (Å²) in [6.45, 7) is 1.90. The molecule has 0 spiro atoms. The van der Waals surface area contributed by atoms with Crippen LogP contribution in [-0.2, 0) is 4.79 Å². The summed E-state index contributed by atoms with van der Waals surface area (Å²) in [5.41, 5.74) is 5.78. The Kier molecular flexibility index (Phi) is 4.93. The van der Waals surface area contributed by atoms with Gasteiger partial charge in [0.15, 0.2) is 0 Å². The van der Waals surface area contributed by atoms with Crippen LogP contribution in [0.3, 0.4) is 0 Å². The summed E-state index contributed by atoms with van der Waals surface area (Å²) in [7, 11) is 0. The van der Waals surface area contributed by atoms with Crippen molar-refractivity contribution in [3.8, 4) is 0 Å². The topological polar surface area (TPSA) is 84.2 Å². The highest BCUT2D eigenvalue weighted by Gasteiger charge is 2.08. The van der Waals surface area contributed by atoms with Gasteiger partial charge in [0.1, 0.15) is 0 Å². The van der Waals surface area contributed by atoms with Crippen LogP contribution in [0.25, 0.3) is 0 Å². The third-order valence-corrected chi connectivity index (χ3v) is 2.42. The highest BCUT2D eigenvalue weighted by Crippen LogP contribution is 2.16. The monoisotopic (exact) mass is 255 g/mol. The molecule has 3 amide bonds. The van der Waals surface area contributed by atoms with Crippen LogP contribution in [0.2, 0.25) is 5.02 Å². The summed E-state index contributed by atoms with van der Waals surface area (Å²) < 4.78 is 0. The first-order valence-electron chi connectivity index (χ1n) is 5.07. The predicted molar refractivity (Wildman–Crippen MR) is 65.6 cm³/mol. The molecule has 0 aromatic heterocycles. The van der Waals surface area contributed by atoms with Gasteiger partial charge in [-0.25, -0.2) is 4.79 Å². The molecule has 92 valence electrons. The van der Waals surface area contributed by atoms with Crippen LogP contribution in [0.1, 0.15) is 18.5 Å². The smallest absolute Gasteiger partial charge is 0.318 e. The van der Waals surface area contributed by atoms with Gasteiger partial charge in [-0.1, -0.05) is 23.7 Å². The van der Waals surface area contributed by atoms with Gasteiger partial charge in [0.05, 0.1) is 6.54 Å². The minimum absolute atomic E-state index is 0.0105. The Bertz CT molecular complexity index is 423. The molecule has 1 aromatic carbocycles. The number of benzene rings is 1. The molecule has 0 unspecified atom stereocenters. The molecule has 4 N–H and O–H groups in total. The summed E-state index contributed by atoms with van der Waals surface area (Å²) in [4.78, 5) is 21.6. The first-order chi connectivity index (χ1) is 7.99. The van der Waals surface area contributed by atoms with Gasteiger partial charge in [-0.15, -0.1) is 0 Å². The molecule has 0 aliphatic rings. The maximum Gasteiger partial charge on any atom is 0.318 e. The number of urea groups is 1. The highest BCUT2D eigenvalue weighted by atomic mass is 35.5. The molecule has 0 aliphatic carbocycles. The number of rotatable bonds is 4. The maximum atomic E-state index is 11.2. The number of hydrogen-bond acceptors (Lipinski definition) is 3. The molecule has 0 saturated heterocycles. The molecular weight excluding hydrogens is 242 g/mol. The Balaban J connectivity index is 2.47. The Morgan fingerprint density at radius 3 is 2.76 bits per heavy atom. The summed E-state index contributed by atoms with van der Waals surface area (Å²) in [6, 6.07) is 6.41. The van der Waals surface area contributed by atoms with Gasteiger partial charge in [0.25, 0.3) is 0 Å². The number of imide groups is 1. The maximum absolute atomic E-state index is 11.2. The molecule has 0 fully saturated rings. The lowest BCUT2D eigenvalue weighted by Crippen LogP contribution is -2.41. The number of amides is 3. The molecule has 1 aromatic rings. The standard InChI is InChI=1S/C11H14ClN3O2/c1-7(8-3-2-4-9(12)5-8)14-6-10(16)15-11(13)17/h2-5,7,14H,6H2,1H3,(H3,13,15,16,17)/t7-/m1/s1. The van der Waals surface area contributed by atoms with E-state index in [1.807, 2.05) is 30.4 Å². The zero-order chi connectivity index (χ0) is 12.8. The normalized spacial score (nSPS) is 11.9. The Morgan fingerprint density at radius 1 is 1.47 bits per heavy atom. The van der Waals surface area contributed by atoms with Crippen molar-refractivity contribution in [2.45, 2.75) is 13.0 Å². The van der Waals surface area contributed by atoms with Crippen LogP contribution in [0.4, 0.5) is 4.79 Å². The van der Waals surface area contributed by atoms with E-state index >= 15 is 0 Å². The van der Waals surface area contributed by atoms with E-state index in [1.165, 1.54) is 0 Å². The number of carbonyl (C=O) groups is 2. The quantitative estimate of drug-likeness (QED) is 0.756. The third-order valence-electron chi connectivity index (χ3n) is 2.18. The fourth-order valence-electron chi connectivity index (χ4n) is 1.32. The van der Waals surface area contributed by atoms with E-state index in [4.69, 9.17) is 17.3 Å². The van der Waals surface area contributed by atoms with Gasteiger partial charge in [0.2, 0.25) is 5.91 Å². The minimum atomic E-state index is -0.854. The number of carbonyl (C=O) groups excluding carboxylic acids is 2. The van der Waals surface area contributed by atoms with E-state index < -0.39 is 11.9 Å². The van der Waals surface area contributed by atoms with Gasteiger partial charge in [0, 0.05) is 11.1 Å². The van der Waals surface area contributed by atoms with E-state index in [9.17, 15) is 9.59 Å². The lowest BCUT2D eigenvalue weighted by atomic mass is 10.1. The van der Waals surface area contributed by atoms with Crippen LogP contribution in [0, 0.1) is 0 Å². The minimum Gasteiger partial charge on any atom is -0.351 e. The molecule has 0 aliphatic heterocycles. The van der Waals surface area contributed by atoms with Crippen molar-refractivity contribution in [1.29, 1.82) is 0 Å². The zero-order valence-electron chi connectivity index (χ0n) is 9.37. The van der Waals surface area contributed by atoms with E-state index in [1.54, 1.807) is 6.07 Å². The molecule has 6 heteroatoms. The molecule has 5 nitrogen and oxygen atoms in total. The highest BCUT2D eigenvalue weighted by molar-refractivity contribution is 6.30. The second-order valence-corrected chi connectivity index (χ2v) is 4.01. The molecule has 0 saturated carbocycles. The first-order valence-corrected chi connectivity index (χ1v) is 5.45. The summed E-state index contributed by atoms with van der Waals surface area (Å²) in [5, 5.41) is 5.56. The second kappa shape index (κ2) is 6.22. The van der Waals surface area contributed by atoms with Gasteiger partial charge >= 0.3 is 6.03 Å². The number of hydrogen-bond donors (Lipinski definition) is 3. The number of halogens is 1. The second-order valence-electron chi connectivity index (χ2n) is 3.57. The van der Waals surface area contributed by atoms with Crippen LogP contribution < -0.4 is 16.4 Å². The fourth-order valence-corrected chi connectivity index (χ4v) is 1.52. The van der Waals surface area contributed by atoms with E-state index in [0.29, 0.717) is 5.02 Å². The average Bonchev–Trinajstić information content (AvgIpc) is 2.25. The summed E-state index contributed by atoms with van der Waals surface area (Å²) >= 11 is 5.85. The summed E-state index contributed by atoms with van der Waals surface area (Å²) in [6.07, 6.45) is 0. The van der Waals surface area contributed by atoms with Crippen LogP contribution in [0.15, 0.2) is 24.3 Å². The van der Waals surface area contributed by atoms with E-state index in [0.717, 1.165) is 5.56 Å². The molecular formula is C11H14ClN3O2. The van der Waals surface area contributed by atoms with Crippen molar-refractivity contribution in [2.24, 2.45) is 5.73 Å². The Hall–Kier alpha value is -1.59. The van der Waals surface area contributed by atoms with Crippen LogP contribution >= 0.6 is 11.6 Å². The van der Waals surface area contributed by atoms with Crippen molar-refractivity contribution < 1.29 is 9.59 Å². The van der Waals surface area contributed by atoms with E-state index in [-0.39, 0.29) is 12.6 Å². The molecule has 0 bridgehead atoms. The van der Waals surface area contributed by atoms with Crippen LogP contribution in [0.5, 0.6) is 0 Å². The van der Waals surface area contributed by atoms with Gasteiger partial charge in [-0.2, -0.15) is 0 Å². The van der Waals surface area contributed by atoms with Crippen molar-refractivity contribution in [3.05, 3.63) is 34.9 Å². The molecule has 1 rings (SSSR count). The van der Waals surface area contributed by atoms with Gasteiger partial charge < -0.3 is 11.1 Å². The SMILES string of the molecule is C[C@@H](NCC(=O)NC(N)=O)c1cccc(Cl)c1. The molecule has 1 atom stereocenters. The van der Waals surface area contributed by atoms with Crippen molar-refractivity contribution in [2.75, 3.05) is 6.54 Å². The van der Waals surface area contributed by atoms with Crippen molar-refractivity contribution in [3.63, 3.8) is 0 Å². The molecule has 0 radical (unpaired) electrons. The number of primary amides is 1. The lowest BCUT2D eigenvalue weighted by molar-refractivity contribution is -0.119. The van der Waals surface area contributed by atoms with E-state index in [2.05, 4.69) is 5.32 Å². The van der Waals surface area contributed by atoms with Gasteiger partial charge in [-0.05, 0) is 24.6 Å². The third kappa shape index (κ3) is 4.84. The summed E-state index contributed by atoms with van der Waals surface area (Å²) in [5.74, 6) is -0.466. The number of nitrogens with two attached hydrogens (primary N) is 1. The van der Waals surface area contributed by atoms with Gasteiger partial charge in [-0.3, -0.25) is 10.1 Å². The van der Waals surface area contributed by atoms with Crippen molar-refractivity contribution >= 4 is 23.5 Å². The molecule has 17 heavy (non-hydrogen) atoms. The first kappa shape index (κ1) is 13.5. The lowest BCUT2D eigenvalue weighted by Gasteiger charge is -2.13. The predicted octanol–water partition coefficient (Wildman–Crippen LogP) is 1.19. The van der Waals surface area contributed by atoms with Crippen molar-refractivity contribution in [1.82, 2.24) is 10.6 Å². The Morgan fingerprint density at radius 2 is 2.18 bits per heavy atom. The fraction of sp³-hybridized carbons (Fsp3) is 0.273. The Labute approximate surface area is 104 Å². The largest absolute Gasteiger partial charge is 0.351 e. The average molecular weight is 256 g/mol. The zero-order valence-corrected chi connectivity index (χ0v) is 10.1.